The number of non-ortho nitro benzene ring substituents is 1. The molecule has 0 unspecified atom stereocenters. The average Bonchev–Trinajstić information content (AvgIpc) is 2.72. The van der Waals surface area contributed by atoms with E-state index in [4.69, 9.17) is 4.74 Å². The van der Waals surface area contributed by atoms with Gasteiger partial charge in [0.25, 0.3) is 11.1 Å². The number of benzene rings is 2. The van der Waals surface area contributed by atoms with E-state index >= 15 is 0 Å². The maximum absolute atomic E-state index is 11.6. The summed E-state index contributed by atoms with van der Waals surface area (Å²) in [5, 5.41) is 10.6. The van der Waals surface area contributed by atoms with Crippen LogP contribution in [0.25, 0.3) is 10.8 Å². The number of nitro benzene ring substituents is 1. The zero-order valence-electron chi connectivity index (χ0n) is 10.9. The molecule has 0 amide bonds. The van der Waals surface area contributed by atoms with Crippen LogP contribution in [0.3, 0.4) is 0 Å². The van der Waals surface area contributed by atoms with Gasteiger partial charge in [0.05, 0.1) is 4.92 Å². The highest BCUT2D eigenvalue weighted by Gasteiger charge is 2.13. The highest BCUT2D eigenvalue weighted by atomic mass is 16.6. The molecule has 0 aromatic heterocycles. The first-order chi connectivity index (χ1) is 10.5. The molecule has 0 fully saturated rings. The van der Waals surface area contributed by atoms with Gasteiger partial charge >= 0.3 is 0 Å². The van der Waals surface area contributed by atoms with Crippen molar-refractivity contribution in [3.8, 4) is 11.5 Å². The van der Waals surface area contributed by atoms with Crippen LogP contribution in [0.1, 0.15) is 0 Å². The van der Waals surface area contributed by atoms with E-state index in [0.29, 0.717) is 5.75 Å². The van der Waals surface area contributed by atoms with Gasteiger partial charge < -0.3 is 4.74 Å². The number of nitro groups is 1. The molecule has 0 saturated heterocycles. The molecular weight excluding hydrogens is 290 g/mol. The predicted octanol–water partition coefficient (Wildman–Crippen LogP) is 1.50. The van der Waals surface area contributed by atoms with Gasteiger partial charge in [-0.15, -0.1) is 0 Å². The van der Waals surface area contributed by atoms with Crippen LogP contribution in [0.2, 0.25) is 0 Å². The molecule has 0 radical (unpaired) electrons. The third-order valence-electron chi connectivity index (χ3n) is 3.18. The van der Waals surface area contributed by atoms with E-state index in [1.807, 2.05) is 0 Å². The number of hydrogen-bond acceptors (Lipinski definition) is 6. The van der Waals surface area contributed by atoms with E-state index < -0.39 is 21.2 Å². The summed E-state index contributed by atoms with van der Waals surface area (Å²) in [6.45, 7) is 0. The first-order valence-corrected chi connectivity index (χ1v) is 6.17. The number of hydrogen-bond donors (Lipinski definition) is 0. The van der Waals surface area contributed by atoms with Gasteiger partial charge in [-0.1, -0.05) is 0 Å². The van der Waals surface area contributed by atoms with E-state index in [1.165, 1.54) is 42.5 Å². The second-order valence-corrected chi connectivity index (χ2v) is 4.55. The van der Waals surface area contributed by atoms with Crippen molar-refractivity contribution in [2.24, 2.45) is 0 Å². The van der Waals surface area contributed by atoms with Crippen LogP contribution in [-0.4, -0.2) is 4.92 Å². The predicted molar refractivity (Wildman–Crippen MR) is 78.3 cm³/mol. The molecule has 0 bridgehead atoms. The Morgan fingerprint density at radius 2 is 1.36 bits per heavy atom. The zero-order valence-corrected chi connectivity index (χ0v) is 10.9. The largest absolute Gasteiger partial charge is 0.457 e. The molecule has 108 valence electrons. The first kappa shape index (κ1) is 13.6. The first-order valence-electron chi connectivity index (χ1n) is 6.17. The molecule has 3 rings (SSSR count). The summed E-state index contributed by atoms with van der Waals surface area (Å²) in [6.07, 6.45) is 0. The van der Waals surface area contributed by atoms with Crippen LogP contribution >= 0.6 is 0 Å². The van der Waals surface area contributed by atoms with Crippen LogP contribution in [-0.2, 0) is 0 Å². The Morgan fingerprint density at radius 1 is 0.773 bits per heavy atom. The van der Waals surface area contributed by atoms with Crippen LogP contribution in [0.5, 0.6) is 11.5 Å². The molecule has 7 heteroatoms. The molecule has 0 aliphatic carbocycles. The molecule has 3 aromatic rings. The Balaban J connectivity index is 1.99. The van der Waals surface area contributed by atoms with Gasteiger partial charge in [0.15, 0.2) is 0 Å². The lowest BCUT2D eigenvalue weighted by molar-refractivity contribution is -0.384. The Morgan fingerprint density at radius 3 is 2.00 bits per heavy atom. The fraction of sp³-hybridized carbons (Fsp3) is 0. The Hall–Kier alpha value is -3.35. The lowest BCUT2D eigenvalue weighted by Gasteiger charge is -2.05. The summed E-state index contributed by atoms with van der Waals surface area (Å²) in [6, 6.07) is 9.47. The highest BCUT2D eigenvalue weighted by molar-refractivity contribution is 5.84. The van der Waals surface area contributed by atoms with Gasteiger partial charge in [0.2, 0.25) is 10.9 Å². The standard InChI is InChI=1S/C15H7NO6/c17-13-11-6-5-10(7-12(11)14(18)15(13)19)22-9-3-1-8(2-4-9)16(20)21/h1-7H. The number of fused-ring (bicyclic) bond motifs is 1. The summed E-state index contributed by atoms with van der Waals surface area (Å²) >= 11 is 0. The summed E-state index contributed by atoms with van der Waals surface area (Å²) in [7, 11) is 0. The van der Waals surface area contributed by atoms with Crippen molar-refractivity contribution in [1.82, 2.24) is 0 Å². The molecule has 0 heterocycles. The minimum absolute atomic E-state index is 0.00871. The van der Waals surface area contributed by atoms with Gasteiger partial charge in [-0.3, -0.25) is 24.5 Å². The quantitative estimate of drug-likeness (QED) is 0.412. The van der Waals surface area contributed by atoms with Crippen molar-refractivity contribution in [1.29, 1.82) is 0 Å². The third-order valence-corrected chi connectivity index (χ3v) is 3.18. The molecule has 22 heavy (non-hydrogen) atoms. The molecular formula is C15H7NO6. The van der Waals surface area contributed by atoms with Gasteiger partial charge in [-0.05, 0) is 30.3 Å². The summed E-state index contributed by atoms with van der Waals surface area (Å²) in [5.74, 6) is 0.581. The molecule has 0 atom stereocenters. The number of nitrogens with zero attached hydrogens (tertiary/aromatic N) is 1. The summed E-state index contributed by atoms with van der Waals surface area (Å²) in [4.78, 5) is 44.5. The second-order valence-electron chi connectivity index (χ2n) is 4.55. The monoisotopic (exact) mass is 297 g/mol. The summed E-state index contributed by atoms with van der Waals surface area (Å²) < 4.78 is 5.46. The van der Waals surface area contributed by atoms with Crippen molar-refractivity contribution in [2.75, 3.05) is 0 Å². The van der Waals surface area contributed by atoms with Gasteiger partial charge in [-0.25, -0.2) is 0 Å². The fourth-order valence-corrected chi connectivity index (χ4v) is 2.09. The van der Waals surface area contributed by atoms with E-state index in [0.717, 1.165) is 0 Å². The van der Waals surface area contributed by atoms with Crippen molar-refractivity contribution in [3.63, 3.8) is 0 Å². The van der Waals surface area contributed by atoms with Crippen molar-refractivity contribution < 1.29 is 9.66 Å². The smallest absolute Gasteiger partial charge is 0.273 e. The van der Waals surface area contributed by atoms with E-state index in [2.05, 4.69) is 0 Å². The SMILES string of the molecule is O=c1c(=O)c2ccc(Oc3ccc([N+](=O)[O-])cc3)cc2c1=O. The Labute approximate surface area is 121 Å². The van der Waals surface area contributed by atoms with E-state index in [1.54, 1.807) is 0 Å². The average molecular weight is 297 g/mol. The number of rotatable bonds is 3. The van der Waals surface area contributed by atoms with Crippen LogP contribution < -0.4 is 21.0 Å². The van der Waals surface area contributed by atoms with Gasteiger partial charge in [0, 0.05) is 22.9 Å². The summed E-state index contributed by atoms with van der Waals surface area (Å²) in [5.41, 5.74) is -2.80. The molecule has 0 spiro atoms. The fourth-order valence-electron chi connectivity index (χ4n) is 2.09. The maximum atomic E-state index is 11.6. The van der Waals surface area contributed by atoms with Gasteiger partial charge in [0.1, 0.15) is 11.5 Å². The van der Waals surface area contributed by atoms with Crippen molar-refractivity contribution in [3.05, 3.63) is 83.2 Å². The van der Waals surface area contributed by atoms with Gasteiger partial charge in [-0.2, -0.15) is 0 Å². The number of ether oxygens (including phenoxy) is 1. The highest BCUT2D eigenvalue weighted by Crippen LogP contribution is 2.25. The van der Waals surface area contributed by atoms with E-state index in [9.17, 15) is 24.5 Å². The Bertz CT molecular complexity index is 1030. The Kier molecular flexibility index (Phi) is 3.03. The lowest BCUT2D eigenvalue weighted by atomic mass is 10.2. The minimum atomic E-state index is -1.05. The minimum Gasteiger partial charge on any atom is -0.457 e. The molecule has 7 nitrogen and oxygen atoms in total. The van der Waals surface area contributed by atoms with Crippen LogP contribution in [0.4, 0.5) is 5.69 Å². The maximum Gasteiger partial charge on any atom is 0.273 e. The third kappa shape index (κ3) is 2.14. The van der Waals surface area contributed by atoms with Crippen molar-refractivity contribution >= 4 is 16.5 Å². The van der Waals surface area contributed by atoms with Crippen molar-refractivity contribution in [2.45, 2.75) is 0 Å². The molecule has 0 aliphatic rings. The second kappa shape index (κ2) is 4.88. The van der Waals surface area contributed by atoms with Crippen LogP contribution in [0, 0.1) is 10.1 Å². The molecule has 3 aromatic carbocycles. The van der Waals surface area contributed by atoms with E-state index in [-0.39, 0.29) is 22.2 Å². The van der Waals surface area contributed by atoms with Crippen LogP contribution in [0.15, 0.2) is 56.8 Å². The molecule has 0 aliphatic heterocycles. The zero-order chi connectivity index (χ0) is 15.9. The normalized spacial score (nSPS) is 10.7. The molecule has 0 N–H and O–H groups in total. The topological polar surface area (TPSA) is 104 Å². The molecule has 0 saturated carbocycles. The lowest BCUT2D eigenvalue weighted by Crippen LogP contribution is -2.29.